The Morgan fingerprint density at radius 3 is 1.16 bits per heavy atom. The lowest BCUT2D eigenvalue weighted by atomic mass is 10.1. The summed E-state index contributed by atoms with van der Waals surface area (Å²) in [5, 5.41) is 0. The van der Waals surface area contributed by atoms with Gasteiger partial charge in [-0.2, -0.15) is 0 Å². The van der Waals surface area contributed by atoms with Gasteiger partial charge in [0.05, 0.1) is 24.6 Å². The molecule has 0 aromatic carbocycles. The third kappa shape index (κ3) is 22.4. The van der Waals surface area contributed by atoms with Crippen LogP contribution in [-0.2, 0) is 4.57 Å². The van der Waals surface area contributed by atoms with Crippen LogP contribution in [0.1, 0.15) is 144 Å². The van der Waals surface area contributed by atoms with Crippen molar-refractivity contribution in [3.05, 3.63) is 0 Å². The van der Waals surface area contributed by atoms with Gasteiger partial charge in [-0.15, -0.1) is 0 Å². The Balaban J connectivity index is 0. The number of unbranched alkanes of at least 4 members (excludes halogenated alkanes) is 10. The Bertz CT molecular complexity index is 378. The molecule has 0 heterocycles. The summed E-state index contributed by atoms with van der Waals surface area (Å²) in [5.41, 5.74) is 0. The van der Waals surface area contributed by atoms with Crippen LogP contribution in [0, 0.1) is 0 Å². The molecule has 0 aromatic rings. The molecule has 0 unspecified atom stereocenters. The Hall–Kier alpha value is 0.620. The third-order valence-electron chi connectivity index (χ3n) is 6.67. The minimum atomic E-state index is -2.73. The predicted molar refractivity (Wildman–Crippen MR) is 154 cm³/mol. The van der Waals surface area contributed by atoms with Crippen molar-refractivity contribution in [3.63, 3.8) is 0 Å². The van der Waals surface area contributed by atoms with Gasteiger partial charge in [-0.05, 0) is 44.9 Å². The van der Waals surface area contributed by atoms with E-state index in [-0.39, 0.29) is 0 Å². The van der Waals surface area contributed by atoms with Gasteiger partial charge in [-0.25, -0.2) is 0 Å². The van der Waals surface area contributed by atoms with Gasteiger partial charge in [-0.1, -0.05) is 99.3 Å². The quantitative estimate of drug-likeness (QED) is 0.120. The maximum Gasteiger partial charge on any atom is 0.200 e. The Kier molecular flexibility index (Phi) is 26.9. The molecule has 0 amide bonds. The van der Waals surface area contributed by atoms with Crippen molar-refractivity contribution < 1.29 is 9.46 Å². The molecule has 0 aliphatic heterocycles. The molecule has 0 fully saturated rings. The molecule has 0 atom stereocenters. The van der Waals surface area contributed by atoms with Crippen LogP contribution in [-0.4, -0.2) is 41.9 Å². The standard InChI is InChI=1S/C20H44P.C8H19O2P/c1-5-9-13-14-15-16-20-21(17-10-6-2,18-11-7-3)19-12-8-4;1-3-5-7-11(9,10)8-6-4-2/h5-20H2,1-4H3;3-8H2,1-2H3,(H,9,10)/q+1;. The van der Waals surface area contributed by atoms with E-state index in [4.69, 9.17) is 0 Å². The molecule has 4 heteroatoms. The zero-order valence-electron chi connectivity index (χ0n) is 23.3. The molecule has 0 bridgehead atoms. The first-order valence-electron chi connectivity index (χ1n) is 14.5. The molecule has 196 valence electrons. The minimum Gasteiger partial charge on any atom is -0.344 e. The summed E-state index contributed by atoms with van der Waals surface area (Å²) < 4.78 is 11.3. The lowest BCUT2D eigenvalue weighted by Gasteiger charge is -2.28. The van der Waals surface area contributed by atoms with Gasteiger partial charge in [0.25, 0.3) is 0 Å². The molecule has 0 radical (unpaired) electrons. The molecule has 0 spiro atoms. The van der Waals surface area contributed by atoms with E-state index in [0.29, 0.717) is 12.3 Å². The van der Waals surface area contributed by atoms with Crippen LogP contribution < -0.4 is 0 Å². The van der Waals surface area contributed by atoms with Gasteiger partial charge in [0.2, 0.25) is 7.37 Å². The predicted octanol–water partition coefficient (Wildman–Crippen LogP) is 10.6. The summed E-state index contributed by atoms with van der Waals surface area (Å²) in [6.45, 7) is 13.5. The van der Waals surface area contributed by atoms with Gasteiger partial charge >= 0.3 is 0 Å². The Morgan fingerprint density at radius 2 is 0.781 bits per heavy atom. The van der Waals surface area contributed by atoms with Crippen molar-refractivity contribution in [2.24, 2.45) is 0 Å². The van der Waals surface area contributed by atoms with Crippen molar-refractivity contribution >= 4 is 14.6 Å². The smallest absolute Gasteiger partial charge is 0.200 e. The average Bonchev–Trinajstić information content (AvgIpc) is 2.79. The van der Waals surface area contributed by atoms with E-state index in [9.17, 15) is 9.46 Å². The lowest BCUT2D eigenvalue weighted by molar-refractivity contribution is 0.473. The van der Waals surface area contributed by atoms with E-state index in [1.165, 1.54) is 77.0 Å². The normalized spacial score (nSPS) is 12.0. The van der Waals surface area contributed by atoms with Gasteiger partial charge < -0.3 is 4.89 Å². The van der Waals surface area contributed by atoms with Crippen molar-refractivity contribution in [1.82, 2.24) is 0 Å². The first kappa shape index (κ1) is 34.8. The first-order chi connectivity index (χ1) is 15.4. The fourth-order valence-corrected chi connectivity index (χ4v) is 11.3. The average molecular weight is 494 g/mol. The van der Waals surface area contributed by atoms with Gasteiger partial charge in [0.1, 0.15) is 0 Å². The minimum absolute atomic E-state index is 0.517. The summed E-state index contributed by atoms with van der Waals surface area (Å²) in [6.07, 6.45) is 28.8. The van der Waals surface area contributed by atoms with Gasteiger partial charge in [0.15, 0.2) is 0 Å². The molecule has 0 aliphatic rings. The van der Waals surface area contributed by atoms with E-state index < -0.39 is 14.6 Å². The van der Waals surface area contributed by atoms with Crippen LogP contribution in [0.5, 0.6) is 0 Å². The molecular formula is C28H63O2P2+. The third-order valence-corrected chi connectivity index (χ3v) is 13.8. The monoisotopic (exact) mass is 493 g/mol. The number of hydrogen-bond donors (Lipinski definition) is 1. The largest absolute Gasteiger partial charge is 0.344 e. The van der Waals surface area contributed by atoms with Crippen molar-refractivity contribution in [2.75, 3.05) is 37.0 Å². The highest BCUT2D eigenvalue weighted by molar-refractivity contribution is 7.75. The van der Waals surface area contributed by atoms with Crippen LogP contribution >= 0.6 is 14.6 Å². The maximum atomic E-state index is 11.3. The van der Waals surface area contributed by atoms with Crippen LogP contribution in [0.25, 0.3) is 0 Å². The fourth-order valence-electron chi connectivity index (χ4n) is 4.30. The van der Waals surface area contributed by atoms with Gasteiger partial charge in [-0.3, -0.25) is 4.57 Å². The summed E-state index contributed by atoms with van der Waals surface area (Å²) in [6, 6.07) is 0. The molecule has 0 saturated carbocycles. The maximum absolute atomic E-state index is 11.3. The molecule has 0 saturated heterocycles. The van der Waals surface area contributed by atoms with E-state index in [2.05, 4.69) is 27.7 Å². The Labute approximate surface area is 205 Å². The van der Waals surface area contributed by atoms with E-state index in [1.807, 2.05) is 13.8 Å². The summed E-state index contributed by atoms with van der Waals surface area (Å²) in [5.74, 6) is 0. The fraction of sp³-hybridized carbons (Fsp3) is 1.00. The summed E-state index contributed by atoms with van der Waals surface area (Å²) >= 11 is 0. The highest BCUT2D eigenvalue weighted by atomic mass is 31.2. The molecule has 0 rings (SSSR count). The highest BCUT2D eigenvalue weighted by Crippen LogP contribution is 2.61. The summed E-state index contributed by atoms with van der Waals surface area (Å²) in [4.78, 5) is 9.33. The number of rotatable bonds is 22. The topological polar surface area (TPSA) is 37.3 Å². The first-order valence-corrected chi connectivity index (χ1v) is 19.1. The van der Waals surface area contributed by atoms with Crippen molar-refractivity contribution in [3.8, 4) is 0 Å². The lowest BCUT2D eigenvalue weighted by Crippen LogP contribution is -2.13. The zero-order valence-corrected chi connectivity index (χ0v) is 25.1. The van der Waals surface area contributed by atoms with Crippen molar-refractivity contribution in [1.29, 1.82) is 0 Å². The van der Waals surface area contributed by atoms with E-state index in [1.54, 1.807) is 24.6 Å². The second kappa shape index (κ2) is 24.7. The van der Waals surface area contributed by atoms with E-state index in [0.717, 1.165) is 25.7 Å². The molecule has 2 nitrogen and oxygen atoms in total. The zero-order chi connectivity index (χ0) is 24.6. The molecule has 0 aliphatic carbocycles. The number of hydrogen-bond acceptors (Lipinski definition) is 1. The van der Waals surface area contributed by atoms with Crippen LogP contribution in [0.2, 0.25) is 0 Å². The van der Waals surface area contributed by atoms with Crippen LogP contribution in [0.3, 0.4) is 0 Å². The van der Waals surface area contributed by atoms with Crippen molar-refractivity contribution in [2.45, 2.75) is 144 Å². The highest BCUT2D eigenvalue weighted by Gasteiger charge is 2.34. The molecular weight excluding hydrogens is 430 g/mol. The van der Waals surface area contributed by atoms with Gasteiger partial charge in [0, 0.05) is 19.6 Å². The van der Waals surface area contributed by atoms with Crippen LogP contribution in [0.4, 0.5) is 0 Å². The van der Waals surface area contributed by atoms with E-state index >= 15 is 0 Å². The SMILES string of the molecule is CCCCCCCC[P+](CCCC)(CCCC)CCCC.CCCCP(=O)(O)CCCC. The molecule has 32 heavy (non-hydrogen) atoms. The Morgan fingerprint density at radius 1 is 0.469 bits per heavy atom. The molecule has 1 N–H and O–H groups in total. The summed E-state index contributed by atoms with van der Waals surface area (Å²) in [7, 11) is -3.33. The molecule has 0 aromatic heterocycles. The second-order valence-electron chi connectivity index (χ2n) is 10.1. The second-order valence-corrected chi connectivity index (χ2v) is 17.1. The van der Waals surface area contributed by atoms with Crippen LogP contribution in [0.15, 0.2) is 0 Å².